The van der Waals surface area contributed by atoms with E-state index in [0.29, 0.717) is 17.3 Å². The number of anilines is 1. The van der Waals surface area contributed by atoms with E-state index in [1.807, 2.05) is 0 Å². The maximum absolute atomic E-state index is 12.6. The lowest BCUT2D eigenvalue weighted by Crippen LogP contribution is -2.50. The minimum Gasteiger partial charge on any atom is -0.352 e. The van der Waals surface area contributed by atoms with Gasteiger partial charge in [0.25, 0.3) is 0 Å². The van der Waals surface area contributed by atoms with E-state index in [4.69, 9.17) is 11.6 Å². The van der Waals surface area contributed by atoms with E-state index in [0.717, 1.165) is 25.7 Å². The number of benzene rings is 1. The zero-order valence-corrected chi connectivity index (χ0v) is 14.5. The van der Waals surface area contributed by atoms with E-state index >= 15 is 0 Å². The van der Waals surface area contributed by atoms with E-state index in [1.165, 1.54) is 19.3 Å². The zero-order chi connectivity index (χ0) is 16.9. The lowest BCUT2D eigenvalue weighted by Gasteiger charge is -2.28. The Kier molecular flexibility index (Phi) is 5.61. The van der Waals surface area contributed by atoms with Crippen molar-refractivity contribution >= 4 is 29.2 Å². The molecule has 3 amide bonds. The van der Waals surface area contributed by atoms with Gasteiger partial charge >= 0.3 is 6.03 Å². The second-order valence-electron chi connectivity index (χ2n) is 6.64. The predicted molar refractivity (Wildman–Crippen MR) is 95.2 cm³/mol. The molecule has 5 nitrogen and oxygen atoms in total. The molecule has 1 aromatic rings. The van der Waals surface area contributed by atoms with Crippen molar-refractivity contribution in [2.45, 2.75) is 57.0 Å². The van der Waals surface area contributed by atoms with Crippen LogP contribution in [-0.4, -0.2) is 35.5 Å². The molecular weight excluding hydrogens is 326 g/mol. The Morgan fingerprint density at radius 1 is 1.08 bits per heavy atom. The summed E-state index contributed by atoms with van der Waals surface area (Å²) in [5, 5.41) is 6.54. The Balaban J connectivity index is 1.59. The first-order valence-electron chi connectivity index (χ1n) is 8.77. The largest absolute Gasteiger partial charge is 0.352 e. The number of rotatable bonds is 3. The minimum atomic E-state index is -0.369. The van der Waals surface area contributed by atoms with Gasteiger partial charge in [0.2, 0.25) is 5.91 Å². The molecular formula is C18H24ClN3O2. The molecule has 1 saturated carbocycles. The van der Waals surface area contributed by atoms with Crippen molar-refractivity contribution < 1.29 is 9.59 Å². The van der Waals surface area contributed by atoms with Crippen LogP contribution in [0, 0.1) is 0 Å². The molecule has 6 heteroatoms. The maximum Gasteiger partial charge on any atom is 0.322 e. The predicted octanol–water partition coefficient (Wildman–Crippen LogP) is 3.79. The van der Waals surface area contributed by atoms with Gasteiger partial charge in [0.15, 0.2) is 0 Å². The van der Waals surface area contributed by atoms with E-state index in [2.05, 4.69) is 10.6 Å². The summed E-state index contributed by atoms with van der Waals surface area (Å²) in [5.74, 6) is -0.0133. The van der Waals surface area contributed by atoms with Crippen molar-refractivity contribution in [3.05, 3.63) is 29.3 Å². The standard InChI is InChI=1S/C18H24ClN3O2/c19-13-6-4-9-15(12-13)21-18(24)22-11-5-10-16(22)17(23)20-14-7-2-1-3-8-14/h4,6,9,12,14,16H,1-3,5,7-8,10-11H2,(H,20,23)(H,21,24). The first-order valence-corrected chi connectivity index (χ1v) is 9.15. The Morgan fingerprint density at radius 2 is 1.88 bits per heavy atom. The molecule has 2 fully saturated rings. The van der Waals surface area contributed by atoms with Crippen LogP contribution in [-0.2, 0) is 4.79 Å². The van der Waals surface area contributed by atoms with Gasteiger partial charge < -0.3 is 15.5 Å². The molecule has 1 atom stereocenters. The summed E-state index contributed by atoms with van der Waals surface area (Å²) >= 11 is 5.95. The number of urea groups is 1. The van der Waals surface area contributed by atoms with Crippen molar-refractivity contribution in [1.82, 2.24) is 10.2 Å². The van der Waals surface area contributed by atoms with E-state index < -0.39 is 0 Å². The molecule has 24 heavy (non-hydrogen) atoms. The van der Waals surface area contributed by atoms with Crippen LogP contribution in [0.2, 0.25) is 5.02 Å². The van der Waals surface area contributed by atoms with E-state index in [9.17, 15) is 9.59 Å². The molecule has 1 aliphatic carbocycles. The van der Waals surface area contributed by atoms with Crippen LogP contribution >= 0.6 is 11.6 Å². The molecule has 130 valence electrons. The summed E-state index contributed by atoms with van der Waals surface area (Å²) in [6, 6.07) is 6.70. The highest BCUT2D eigenvalue weighted by molar-refractivity contribution is 6.30. The van der Waals surface area contributed by atoms with Crippen LogP contribution in [0.4, 0.5) is 10.5 Å². The summed E-state index contributed by atoms with van der Waals surface area (Å²) in [7, 11) is 0. The van der Waals surface area contributed by atoms with E-state index in [-0.39, 0.29) is 24.0 Å². The molecule has 0 spiro atoms. The number of hydrogen-bond acceptors (Lipinski definition) is 2. The number of nitrogens with one attached hydrogen (secondary N) is 2. The van der Waals surface area contributed by atoms with Gasteiger partial charge in [-0.2, -0.15) is 0 Å². The van der Waals surface area contributed by atoms with Crippen molar-refractivity contribution in [2.24, 2.45) is 0 Å². The molecule has 2 N–H and O–H groups in total. The minimum absolute atomic E-state index is 0.0133. The SMILES string of the molecule is O=C(NC1CCCCC1)C1CCCN1C(=O)Nc1cccc(Cl)c1. The van der Waals surface area contributed by atoms with Crippen molar-refractivity contribution in [1.29, 1.82) is 0 Å². The fraction of sp³-hybridized carbons (Fsp3) is 0.556. The third-order valence-electron chi connectivity index (χ3n) is 4.84. The van der Waals surface area contributed by atoms with E-state index in [1.54, 1.807) is 29.2 Å². The van der Waals surface area contributed by atoms with Gasteiger partial charge in [-0.25, -0.2) is 4.79 Å². The van der Waals surface area contributed by atoms with Gasteiger partial charge in [0.05, 0.1) is 0 Å². The van der Waals surface area contributed by atoms with Crippen LogP contribution in [0.5, 0.6) is 0 Å². The second-order valence-corrected chi connectivity index (χ2v) is 7.07. The van der Waals surface area contributed by atoms with Crippen molar-refractivity contribution in [3.8, 4) is 0 Å². The van der Waals surface area contributed by atoms with Gasteiger partial charge in [0, 0.05) is 23.3 Å². The van der Waals surface area contributed by atoms with Crippen molar-refractivity contribution in [3.63, 3.8) is 0 Å². The van der Waals surface area contributed by atoms with Crippen LogP contribution in [0.15, 0.2) is 24.3 Å². The number of nitrogens with zero attached hydrogens (tertiary/aromatic N) is 1. The quantitative estimate of drug-likeness (QED) is 0.872. The first-order chi connectivity index (χ1) is 11.6. The third kappa shape index (κ3) is 4.20. The molecule has 0 bridgehead atoms. The summed E-state index contributed by atoms with van der Waals surface area (Å²) in [4.78, 5) is 26.7. The zero-order valence-electron chi connectivity index (χ0n) is 13.8. The van der Waals surface area contributed by atoms with Gasteiger partial charge in [-0.1, -0.05) is 36.9 Å². The Labute approximate surface area is 147 Å². The summed E-state index contributed by atoms with van der Waals surface area (Å²) in [6.45, 7) is 0.606. The van der Waals surface area contributed by atoms with Crippen LogP contribution in [0.25, 0.3) is 0 Å². The molecule has 1 unspecified atom stereocenters. The van der Waals surface area contributed by atoms with Crippen LogP contribution in [0.3, 0.4) is 0 Å². The third-order valence-corrected chi connectivity index (χ3v) is 5.08. The first kappa shape index (κ1) is 17.1. The Bertz CT molecular complexity index is 602. The molecule has 3 rings (SSSR count). The Morgan fingerprint density at radius 3 is 2.62 bits per heavy atom. The second kappa shape index (κ2) is 7.88. The fourth-order valence-electron chi connectivity index (χ4n) is 3.59. The molecule has 1 aromatic carbocycles. The van der Waals surface area contributed by atoms with Crippen molar-refractivity contribution in [2.75, 3.05) is 11.9 Å². The highest BCUT2D eigenvalue weighted by Gasteiger charge is 2.35. The fourth-order valence-corrected chi connectivity index (χ4v) is 3.78. The molecule has 1 heterocycles. The van der Waals surface area contributed by atoms with Crippen LogP contribution < -0.4 is 10.6 Å². The Hall–Kier alpha value is -1.75. The monoisotopic (exact) mass is 349 g/mol. The number of hydrogen-bond donors (Lipinski definition) is 2. The number of halogens is 1. The number of amides is 3. The average Bonchev–Trinajstić information content (AvgIpc) is 3.06. The summed E-state index contributed by atoms with van der Waals surface area (Å²) in [6.07, 6.45) is 7.28. The smallest absolute Gasteiger partial charge is 0.322 e. The number of carbonyl (C=O) groups excluding carboxylic acids is 2. The summed E-state index contributed by atoms with van der Waals surface area (Å²) in [5.41, 5.74) is 0.644. The van der Waals surface area contributed by atoms with Gasteiger partial charge in [-0.3, -0.25) is 4.79 Å². The molecule has 0 radical (unpaired) electrons. The highest BCUT2D eigenvalue weighted by Crippen LogP contribution is 2.22. The average molecular weight is 350 g/mol. The van der Waals surface area contributed by atoms with Gasteiger partial charge in [-0.15, -0.1) is 0 Å². The molecule has 1 saturated heterocycles. The molecule has 2 aliphatic rings. The lowest BCUT2D eigenvalue weighted by atomic mass is 9.95. The number of carbonyl (C=O) groups is 2. The topological polar surface area (TPSA) is 61.4 Å². The maximum atomic E-state index is 12.6. The lowest BCUT2D eigenvalue weighted by molar-refractivity contribution is -0.125. The molecule has 1 aliphatic heterocycles. The number of likely N-dealkylation sites (tertiary alicyclic amines) is 1. The molecule has 0 aromatic heterocycles. The highest BCUT2D eigenvalue weighted by atomic mass is 35.5. The van der Waals surface area contributed by atoms with Gasteiger partial charge in [0.1, 0.15) is 6.04 Å². The normalized spacial score (nSPS) is 21.5. The summed E-state index contributed by atoms with van der Waals surface area (Å²) < 4.78 is 0. The van der Waals surface area contributed by atoms with Crippen LogP contribution in [0.1, 0.15) is 44.9 Å². The van der Waals surface area contributed by atoms with Gasteiger partial charge in [-0.05, 0) is 43.9 Å².